The van der Waals surface area contributed by atoms with Gasteiger partial charge >= 0.3 is 0 Å². The van der Waals surface area contributed by atoms with E-state index in [1.165, 1.54) is 0 Å². The predicted octanol–water partition coefficient (Wildman–Crippen LogP) is 2.39. The summed E-state index contributed by atoms with van der Waals surface area (Å²) in [4.78, 5) is 11.5. The minimum atomic E-state index is -0.759. The lowest BCUT2D eigenvalue weighted by Crippen LogP contribution is -2.25. The first-order valence-corrected chi connectivity index (χ1v) is 7.43. The molecule has 3 rings (SSSR count). The average molecular weight is 314 g/mol. The van der Waals surface area contributed by atoms with E-state index in [4.69, 9.17) is 14.2 Å². The summed E-state index contributed by atoms with van der Waals surface area (Å²) in [6.45, 7) is 2.26. The standard InChI is InChI=1S/C18H18O5/c1-12-4-2-3-5-17(12)22-10-13(19)9-21-14-6-7-15-16(20)11-23-18(15)8-14/h2-8,13,19H,9-11H2,1H3. The van der Waals surface area contributed by atoms with Crippen molar-refractivity contribution in [2.75, 3.05) is 19.8 Å². The summed E-state index contributed by atoms with van der Waals surface area (Å²) in [6, 6.07) is 12.7. The summed E-state index contributed by atoms with van der Waals surface area (Å²) in [5, 5.41) is 9.96. The van der Waals surface area contributed by atoms with Crippen LogP contribution in [0, 0.1) is 6.92 Å². The third kappa shape index (κ3) is 3.63. The van der Waals surface area contributed by atoms with Crippen molar-refractivity contribution in [2.45, 2.75) is 13.0 Å². The van der Waals surface area contributed by atoms with E-state index >= 15 is 0 Å². The number of ketones is 1. The SMILES string of the molecule is Cc1ccccc1OCC(O)COc1ccc2c(c1)OCC2=O. The molecule has 5 heteroatoms. The zero-order valence-corrected chi connectivity index (χ0v) is 12.8. The molecule has 0 saturated carbocycles. The minimum Gasteiger partial charge on any atom is -0.491 e. The van der Waals surface area contributed by atoms with Crippen molar-refractivity contribution in [1.29, 1.82) is 0 Å². The Morgan fingerprint density at radius 1 is 1.17 bits per heavy atom. The summed E-state index contributed by atoms with van der Waals surface area (Å²) in [5.41, 5.74) is 1.59. The molecule has 0 radical (unpaired) electrons. The molecule has 0 aromatic heterocycles. The van der Waals surface area contributed by atoms with Crippen molar-refractivity contribution in [1.82, 2.24) is 0 Å². The monoisotopic (exact) mass is 314 g/mol. The van der Waals surface area contributed by atoms with Crippen LogP contribution in [0.1, 0.15) is 15.9 Å². The minimum absolute atomic E-state index is 0.0294. The normalized spacial score (nSPS) is 14.1. The number of benzene rings is 2. The van der Waals surface area contributed by atoms with Crippen molar-refractivity contribution < 1.29 is 24.1 Å². The van der Waals surface area contributed by atoms with E-state index in [-0.39, 0.29) is 25.6 Å². The topological polar surface area (TPSA) is 65.0 Å². The molecule has 1 aliphatic rings. The fourth-order valence-corrected chi connectivity index (χ4v) is 2.31. The molecule has 1 aliphatic heterocycles. The van der Waals surface area contributed by atoms with E-state index in [1.807, 2.05) is 31.2 Å². The summed E-state index contributed by atoms with van der Waals surface area (Å²) in [5.74, 6) is 1.79. The van der Waals surface area contributed by atoms with E-state index in [0.29, 0.717) is 17.1 Å². The summed E-state index contributed by atoms with van der Waals surface area (Å²) < 4.78 is 16.4. The average Bonchev–Trinajstić information content (AvgIpc) is 2.93. The fourth-order valence-electron chi connectivity index (χ4n) is 2.31. The van der Waals surface area contributed by atoms with Crippen LogP contribution in [0.4, 0.5) is 0 Å². The number of hydrogen-bond acceptors (Lipinski definition) is 5. The molecule has 0 spiro atoms. The number of aryl methyl sites for hydroxylation is 1. The van der Waals surface area contributed by atoms with E-state index in [0.717, 1.165) is 11.3 Å². The van der Waals surface area contributed by atoms with Gasteiger partial charge in [0.05, 0.1) is 5.56 Å². The Balaban J connectivity index is 1.50. The Morgan fingerprint density at radius 3 is 2.78 bits per heavy atom. The lowest BCUT2D eigenvalue weighted by atomic mass is 10.1. The van der Waals surface area contributed by atoms with Gasteiger partial charge in [-0.15, -0.1) is 0 Å². The van der Waals surface area contributed by atoms with Crippen molar-refractivity contribution in [3.05, 3.63) is 53.6 Å². The number of aliphatic hydroxyl groups excluding tert-OH is 1. The van der Waals surface area contributed by atoms with Crippen LogP contribution in [0.15, 0.2) is 42.5 Å². The molecule has 5 nitrogen and oxygen atoms in total. The Labute approximate surface area is 134 Å². The van der Waals surface area contributed by atoms with Crippen LogP contribution in [0.25, 0.3) is 0 Å². The van der Waals surface area contributed by atoms with Gasteiger partial charge in [-0.2, -0.15) is 0 Å². The molecule has 0 fully saturated rings. The number of ether oxygens (including phenoxy) is 3. The molecule has 2 aromatic rings. The van der Waals surface area contributed by atoms with Crippen LogP contribution >= 0.6 is 0 Å². The molecule has 2 aromatic carbocycles. The lowest BCUT2D eigenvalue weighted by Gasteiger charge is -2.15. The van der Waals surface area contributed by atoms with Crippen molar-refractivity contribution in [2.24, 2.45) is 0 Å². The second-order valence-corrected chi connectivity index (χ2v) is 5.41. The molecule has 1 atom stereocenters. The van der Waals surface area contributed by atoms with E-state index in [9.17, 15) is 9.90 Å². The molecule has 120 valence electrons. The fraction of sp³-hybridized carbons (Fsp3) is 0.278. The smallest absolute Gasteiger partial charge is 0.203 e. The van der Waals surface area contributed by atoms with Crippen molar-refractivity contribution in [3.8, 4) is 17.2 Å². The molecule has 1 unspecified atom stereocenters. The van der Waals surface area contributed by atoms with Crippen LogP contribution in [0.2, 0.25) is 0 Å². The third-order valence-corrected chi connectivity index (χ3v) is 3.58. The van der Waals surface area contributed by atoms with Gasteiger partial charge in [0, 0.05) is 6.07 Å². The second-order valence-electron chi connectivity index (χ2n) is 5.41. The maximum absolute atomic E-state index is 11.5. The maximum Gasteiger partial charge on any atom is 0.203 e. The first-order chi connectivity index (χ1) is 11.1. The third-order valence-electron chi connectivity index (χ3n) is 3.58. The number of para-hydroxylation sites is 1. The lowest BCUT2D eigenvalue weighted by molar-refractivity contribution is 0.0623. The predicted molar refractivity (Wildman–Crippen MR) is 84.4 cm³/mol. The molecule has 23 heavy (non-hydrogen) atoms. The van der Waals surface area contributed by atoms with Gasteiger partial charge in [-0.25, -0.2) is 0 Å². The highest BCUT2D eigenvalue weighted by Crippen LogP contribution is 2.29. The Hall–Kier alpha value is -2.53. The van der Waals surface area contributed by atoms with Gasteiger partial charge in [0.2, 0.25) is 5.78 Å². The van der Waals surface area contributed by atoms with E-state index < -0.39 is 6.10 Å². The molecule has 1 heterocycles. The summed E-state index contributed by atoms with van der Waals surface area (Å²) in [7, 11) is 0. The molecule has 0 amide bonds. The summed E-state index contributed by atoms with van der Waals surface area (Å²) >= 11 is 0. The zero-order valence-electron chi connectivity index (χ0n) is 12.8. The van der Waals surface area contributed by atoms with E-state index in [2.05, 4.69) is 0 Å². The number of hydrogen-bond donors (Lipinski definition) is 1. The number of aliphatic hydroxyl groups is 1. The van der Waals surface area contributed by atoms with Crippen molar-refractivity contribution >= 4 is 5.78 Å². The van der Waals surface area contributed by atoms with Gasteiger partial charge in [0.1, 0.15) is 36.6 Å². The number of rotatable bonds is 6. The highest BCUT2D eigenvalue weighted by atomic mass is 16.5. The summed E-state index contributed by atoms with van der Waals surface area (Å²) in [6.07, 6.45) is -0.759. The Kier molecular flexibility index (Phi) is 4.48. The van der Waals surface area contributed by atoms with Crippen LogP contribution < -0.4 is 14.2 Å². The van der Waals surface area contributed by atoms with Gasteiger partial charge in [-0.3, -0.25) is 4.79 Å². The molecule has 0 aliphatic carbocycles. The largest absolute Gasteiger partial charge is 0.491 e. The number of fused-ring (bicyclic) bond motifs is 1. The van der Waals surface area contributed by atoms with Crippen LogP contribution in [-0.4, -0.2) is 36.8 Å². The zero-order chi connectivity index (χ0) is 16.2. The molecule has 0 saturated heterocycles. The van der Waals surface area contributed by atoms with Crippen molar-refractivity contribution in [3.63, 3.8) is 0 Å². The first kappa shape index (κ1) is 15.4. The van der Waals surface area contributed by atoms with Gasteiger partial charge in [-0.05, 0) is 30.7 Å². The Morgan fingerprint density at radius 2 is 1.96 bits per heavy atom. The molecule has 0 bridgehead atoms. The van der Waals surface area contributed by atoms with Gasteiger partial charge < -0.3 is 19.3 Å². The molecular weight excluding hydrogens is 296 g/mol. The Bertz CT molecular complexity index is 710. The second kappa shape index (κ2) is 6.71. The van der Waals surface area contributed by atoms with Gasteiger partial charge in [0.25, 0.3) is 0 Å². The maximum atomic E-state index is 11.5. The quantitative estimate of drug-likeness (QED) is 0.887. The highest BCUT2D eigenvalue weighted by molar-refractivity contribution is 6.02. The first-order valence-electron chi connectivity index (χ1n) is 7.43. The van der Waals surface area contributed by atoms with Crippen LogP contribution in [0.3, 0.4) is 0 Å². The highest BCUT2D eigenvalue weighted by Gasteiger charge is 2.21. The van der Waals surface area contributed by atoms with Gasteiger partial charge in [-0.1, -0.05) is 18.2 Å². The number of carbonyl (C=O) groups is 1. The molecule has 1 N–H and O–H groups in total. The number of Topliss-reactive ketones (excluding diaryl/α,β-unsaturated/α-hetero) is 1. The van der Waals surface area contributed by atoms with Crippen LogP contribution in [-0.2, 0) is 0 Å². The number of carbonyl (C=O) groups excluding carboxylic acids is 1. The molecular formula is C18H18O5. The van der Waals surface area contributed by atoms with E-state index in [1.54, 1.807) is 18.2 Å². The van der Waals surface area contributed by atoms with Crippen LogP contribution in [0.5, 0.6) is 17.2 Å². The van der Waals surface area contributed by atoms with Gasteiger partial charge in [0.15, 0.2) is 6.61 Å².